The number of hydrogen-bond acceptors (Lipinski definition) is 5. The van der Waals surface area contributed by atoms with E-state index in [-0.39, 0.29) is 11.9 Å². The third-order valence-electron chi connectivity index (χ3n) is 2.58. The first kappa shape index (κ1) is 9.20. The molecule has 0 aliphatic carbocycles. The molecule has 0 saturated carbocycles. The monoisotopic (exact) mass is 220 g/mol. The Hall–Kier alpha value is -2.05. The molecule has 0 fully saturated rings. The SMILES string of the molecule is Fc1ccc(C2CCNc3nnnn32)nc1. The predicted molar refractivity (Wildman–Crippen MR) is 53.3 cm³/mol. The standard InChI is InChI=1S/C9H9FN6/c10-6-1-2-7(12-5-6)8-3-4-11-9-13-14-15-16(8)9/h1-2,5,8H,3-4H2,(H,11,13,15). The summed E-state index contributed by atoms with van der Waals surface area (Å²) in [4.78, 5) is 4.06. The van der Waals surface area contributed by atoms with Gasteiger partial charge in [-0.15, -0.1) is 0 Å². The fourth-order valence-corrected chi connectivity index (χ4v) is 1.82. The van der Waals surface area contributed by atoms with Gasteiger partial charge in [0.05, 0.1) is 11.9 Å². The number of nitrogens with one attached hydrogen (secondary N) is 1. The molecule has 7 heteroatoms. The van der Waals surface area contributed by atoms with Crippen LogP contribution in [0.15, 0.2) is 18.3 Å². The molecular weight excluding hydrogens is 211 g/mol. The summed E-state index contributed by atoms with van der Waals surface area (Å²) in [5, 5.41) is 14.4. The maximum absolute atomic E-state index is 12.8. The number of fused-ring (bicyclic) bond motifs is 1. The van der Waals surface area contributed by atoms with Crippen molar-refractivity contribution in [2.45, 2.75) is 12.5 Å². The summed E-state index contributed by atoms with van der Waals surface area (Å²) < 4.78 is 14.4. The molecule has 0 saturated heterocycles. The summed E-state index contributed by atoms with van der Waals surface area (Å²) in [6, 6.07) is 3.04. The second-order valence-corrected chi connectivity index (χ2v) is 3.58. The fourth-order valence-electron chi connectivity index (χ4n) is 1.82. The van der Waals surface area contributed by atoms with Gasteiger partial charge >= 0.3 is 0 Å². The van der Waals surface area contributed by atoms with Gasteiger partial charge in [-0.05, 0) is 29.0 Å². The fraction of sp³-hybridized carbons (Fsp3) is 0.333. The van der Waals surface area contributed by atoms with Gasteiger partial charge in [0.15, 0.2) is 0 Å². The Morgan fingerprint density at radius 3 is 3.19 bits per heavy atom. The van der Waals surface area contributed by atoms with E-state index in [9.17, 15) is 4.39 Å². The van der Waals surface area contributed by atoms with Crippen molar-refractivity contribution in [3.05, 3.63) is 29.8 Å². The minimum Gasteiger partial charge on any atom is -0.353 e. The quantitative estimate of drug-likeness (QED) is 0.762. The molecule has 1 unspecified atom stereocenters. The van der Waals surface area contributed by atoms with Gasteiger partial charge in [0.2, 0.25) is 5.95 Å². The number of anilines is 1. The highest BCUT2D eigenvalue weighted by Crippen LogP contribution is 2.25. The summed E-state index contributed by atoms with van der Waals surface area (Å²) in [7, 11) is 0. The van der Waals surface area contributed by atoms with Gasteiger partial charge in [-0.3, -0.25) is 4.98 Å². The molecule has 1 aliphatic heterocycles. The van der Waals surface area contributed by atoms with E-state index in [1.165, 1.54) is 12.3 Å². The van der Waals surface area contributed by atoms with E-state index >= 15 is 0 Å². The van der Waals surface area contributed by atoms with Gasteiger partial charge < -0.3 is 5.32 Å². The van der Waals surface area contributed by atoms with Crippen LogP contribution in [0.5, 0.6) is 0 Å². The maximum Gasteiger partial charge on any atom is 0.243 e. The molecule has 2 aromatic heterocycles. The molecule has 0 spiro atoms. The summed E-state index contributed by atoms with van der Waals surface area (Å²) in [6.45, 7) is 0.782. The van der Waals surface area contributed by atoms with E-state index in [0.717, 1.165) is 18.7 Å². The minimum absolute atomic E-state index is 0.0214. The molecule has 6 nitrogen and oxygen atoms in total. The molecule has 0 bridgehead atoms. The van der Waals surface area contributed by atoms with Crippen molar-refractivity contribution in [1.82, 2.24) is 25.2 Å². The lowest BCUT2D eigenvalue weighted by atomic mass is 10.1. The van der Waals surface area contributed by atoms with Gasteiger partial charge in [0.1, 0.15) is 11.9 Å². The number of rotatable bonds is 1. The van der Waals surface area contributed by atoms with Crippen LogP contribution >= 0.6 is 0 Å². The van der Waals surface area contributed by atoms with Crippen LogP contribution in [0.2, 0.25) is 0 Å². The zero-order chi connectivity index (χ0) is 11.0. The largest absolute Gasteiger partial charge is 0.353 e. The van der Waals surface area contributed by atoms with Crippen LogP contribution in [0, 0.1) is 5.82 Å². The predicted octanol–water partition coefficient (Wildman–Crippen LogP) is 0.612. The van der Waals surface area contributed by atoms with E-state index in [0.29, 0.717) is 5.95 Å². The Kier molecular flexibility index (Phi) is 2.02. The Bertz CT molecular complexity index is 493. The second-order valence-electron chi connectivity index (χ2n) is 3.58. The third-order valence-corrected chi connectivity index (χ3v) is 2.58. The first-order valence-corrected chi connectivity index (χ1v) is 4.98. The summed E-state index contributed by atoms with van der Waals surface area (Å²) in [6.07, 6.45) is 2.04. The smallest absolute Gasteiger partial charge is 0.243 e. The van der Waals surface area contributed by atoms with Crippen LogP contribution in [-0.2, 0) is 0 Å². The maximum atomic E-state index is 12.8. The zero-order valence-corrected chi connectivity index (χ0v) is 8.34. The second kappa shape index (κ2) is 3.51. The van der Waals surface area contributed by atoms with E-state index in [2.05, 4.69) is 25.8 Å². The summed E-state index contributed by atoms with van der Waals surface area (Å²) in [5.74, 6) is 0.289. The van der Waals surface area contributed by atoms with Crippen molar-refractivity contribution < 1.29 is 4.39 Å². The summed E-state index contributed by atoms with van der Waals surface area (Å²) >= 11 is 0. The van der Waals surface area contributed by atoms with Crippen molar-refractivity contribution in [3.63, 3.8) is 0 Å². The Morgan fingerprint density at radius 2 is 2.38 bits per heavy atom. The van der Waals surface area contributed by atoms with Crippen LogP contribution in [-0.4, -0.2) is 31.7 Å². The lowest BCUT2D eigenvalue weighted by Gasteiger charge is -2.22. The highest BCUT2D eigenvalue weighted by atomic mass is 19.1. The normalized spacial score (nSPS) is 18.9. The highest BCUT2D eigenvalue weighted by Gasteiger charge is 2.24. The van der Waals surface area contributed by atoms with Crippen molar-refractivity contribution in [1.29, 1.82) is 0 Å². The van der Waals surface area contributed by atoms with Crippen molar-refractivity contribution in [3.8, 4) is 0 Å². The molecule has 1 atom stereocenters. The molecule has 3 heterocycles. The minimum atomic E-state index is -0.338. The van der Waals surface area contributed by atoms with Crippen LogP contribution in [0.25, 0.3) is 0 Å². The molecule has 0 aromatic carbocycles. The number of nitrogens with zero attached hydrogens (tertiary/aromatic N) is 5. The first-order chi connectivity index (χ1) is 7.84. The Morgan fingerprint density at radius 1 is 1.44 bits per heavy atom. The van der Waals surface area contributed by atoms with Crippen molar-refractivity contribution >= 4 is 5.95 Å². The van der Waals surface area contributed by atoms with Crippen molar-refractivity contribution in [2.24, 2.45) is 0 Å². The Balaban J connectivity index is 2.00. The molecule has 0 amide bonds. The van der Waals surface area contributed by atoms with E-state index < -0.39 is 0 Å². The molecule has 82 valence electrons. The summed E-state index contributed by atoms with van der Waals surface area (Å²) in [5.41, 5.74) is 0.774. The topological polar surface area (TPSA) is 68.5 Å². The van der Waals surface area contributed by atoms with Gasteiger partial charge in [-0.25, -0.2) is 9.07 Å². The molecular formula is C9H9FN6. The molecule has 1 aliphatic rings. The number of hydrogen-bond donors (Lipinski definition) is 1. The number of pyridine rings is 1. The highest BCUT2D eigenvalue weighted by molar-refractivity contribution is 5.28. The van der Waals surface area contributed by atoms with E-state index in [1.54, 1.807) is 10.7 Å². The van der Waals surface area contributed by atoms with Crippen LogP contribution in [0.1, 0.15) is 18.2 Å². The molecule has 1 N–H and O–H groups in total. The number of halogens is 1. The number of tetrazole rings is 1. The van der Waals surface area contributed by atoms with Crippen LogP contribution < -0.4 is 5.32 Å². The number of aromatic nitrogens is 5. The molecule has 3 rings (SSSR count). The average Bonchev–Trinajstić information content (AvgIpc) is 2.78. The van der Waals surface area contributed by atoms with E-state index in [1.807, 2.05) is 0 Å². The van der Waals surface area contributed by atoms with Crippen LogP contribution in [0.4, 0.5) is 10.3 Å². The lowest BCUT2D eigenvalue weighted by molar-refractivity contribution is 0.458. The van der Waals surface area contributed by atoms with Gasteiger partial charge in [0.25, 0.3) is 0 Å². The molecule has 2 aromatic rings. The lowest BCUT2D eigenvalue weighted by Crippen LogP contribution is -2.25. The van der Waals surface area contributed by atoms with Crippen molar-refractivity contribution in [2.75, 3.05) is 11.9 Å². The first-order valence-electron chi connectivity index (χ1n) is 4.98. The third kappa shape index (κ3) is 1.40. The van der Waals surface area contributed by atoms with E-state index in [4.69, 9.17) is 0 Å². The Labute approximate surface area is 90.5 Å². The van der Waals surface area contributed by atoms with Gasteiger partial charge in [-0.1, -0.05) is 5.10 Å². The van der Waals surface area contributed by atoms with Crippen LogP contribution in [0.3, 0.4) is 0 Å². The zero-order valence-electron chi connectivity index (χ0n) is 8.34. The molecule has 0 radical (unpaired) electrons. The van der Waals surface area contributed by atoms with Gasteiger partial charge in [0, 0.05) is 6.54 Å². The molecule has 16 heavy (non-hydrogen) atoms. The van der Waals surface area contributed by atoms with Gasteiger partial charge in [-0.2, -0.15) is 0 Å². The average molecular weight is 220 g/mol.